The molecule has 4 nitrogen and oxygen atoms in total. The highest BCUT2D eigenvalue weighted by Crippen LogP contribution is 2.12. The summed E-state index contributed by atoms with van der Waals surface area (Å²) in [5.41, 5.74) is 2.37. The SMILES string of the molecule is CCOC(CC)C(Cc1cc(C)nn1CC)NC. The van der Waals surface area contributed by atoms with E-state index in [1.807, 2.05) is 14.0 Å². The van der Waals surface area contributed by atoms with E-state index in [1.54, 1.807) is 0 Å². The van der Waals surface area contributed by atoms with Crippen molar-refractivity contribution >= 4 is 0 Å². The van der Waals surface area contributed by atoms with E-state index in [-0.39, 0.29) is 6.10 Å². The summed E-state index contributed by atoms with van der Waals surface area (Å²) < 4.78 is 7.89. The van der Waals surface area contributed by atoms with Gasteiger partial charge in [0.1, 0.15) is 0 Å². The van der Waals surface area contributed by atoms with Gasteiger partial charge in [0.15, 0.2) is 0 Å². The van der Waals surface area contributed by atoms with Crippen LogP contribution in [0, 0.1) is 6.92 Å². The van der Waals surface area contributed by atoms with Gasteiger partial charge >= 0.3 is 0 Å². The second-order valence-corrected chi connectivity index (χ2v) is 4.59. The molecule has 1 rings (SSSR count). The fourth-order valence-corrected chi connectivity index (χ4v) is 2.41. The molecule has 0 aliphatic carbocycles. The molecule has 0 bridgehead atoms. The van der Waals surface area contributed by atoms with Crippen LogP contribution in [0.25, 0.3) is 0 Å². The van der Waals surface area contributed by atoms with E-state index in [1.165, 1.54) is 5.69 Å². The van der Waals surface area contributed by atoms with Gasteiger partial charge in [-0.05, 0) is 40.3 Å². The van der Waals surface area contributed by atoms with Crippen molar-refractivity contribution in [2.24, 2.45) is 0 Å². The Hall–Kier alpha value is -0.870. The molecule has 0 aliphatic heterocycles. The van der Waals surface area contributed by atoms with Gasteiger partial charge in [0.25, 0.3) is 0 Å². The summed E-state index contributed by atoms with van der Waals surface area (Å²) in [6.45, 7) is 10.1. The van der Waals surface area contributed by atoms with Gasteiger partial charge in [-0.2, -0.15) is 5.10 Å². The van der Waals surface area contributed by atoms with Crippen LogP contribution in [0.2, 0.25) is 0 Å². The van der Waals surface area contributed by atoms with E-state index >= 15 is 0 Å². The number of ether oxygens (including phenoxy) is 1. The van der Waals surface area contributed by atoms with Crippen LogP contribution in [-0.4, -0.2) is 35.6 Å². The maximum Gasteiger partial charge on any atom is 0.0729 e. The summed E-state index contributed by atoms with van der Waals surface area (Å²) in [6, 6.07) is 2.52. The maximum atomic E-state index is 5.80. The summed E-state index contributed by atoms with van der Waals surface area (Å²) in [6.07, 6.45) is 2.25. The molecule has 0 saturated carbocycles. The van der Waals surface area contributed by atoms with Gasteiger partial charge in [0.2, 0.25) is 0 Å². The van der Waals surface area contributed by atoms with E-state index in [0.29, 0.717) is 6.04 Å². The van der Waals surface area contributed by atoms with Gasteiger partial charge in [0, 0.05) is 31.3 Å². The zero-order valence-corrected chi connectivity index (χ0v) is 12.4. The number of nitrogens with zero attached hydrogens (tertiary/aromatic N) is 2. The van der Waals surface area contributed by atoms with Crippen LogP contribution >= 0.6 is 0 Å². The van der Waals surface area contributed by atoms with Crippen molar-refractivity contribution in [2.75, 3.05) is 13.7 Å². The quantitative estimate of drug-likeness (QED) is 0.771. The molecule has 0 aliphatic rings. The van der Waals surface area contributed by atoms with Crippen molar-refractivity contribution in [2.45, 2.75) is 59.2 Å². The summed E-state index contributed by atoms with van der Waals surface area (Å²) >= 11 is 0. The normalized spacial score (nSPS) is 14.7. The summed E-state index contributed by atoms with van der Waals surface area (Å²) in [5, 5.41) is 7.88. The third kappa shape index (κ3) is 3.82. The number of hydrogen-bond donors (Lipinski definition) is 1. The zero-order chi connectivity index (χ0) is 13.5. The van der Waals surface area contributed by atoms with Gasteiger partial charge in [-0.1, -0.05) is 6.92 Å². The number of likely N-dealkylation sites (N-methyl/N-ethyl adjacent to an activating group) is 1. The molecule has 2 unspecified atom stereocenters. The Morgan fingerprint density at radius 1 is 1.39 bits per heavy atom. The molecule has 0 saturated heterocycles. The first-order valence-electron chi connectivity index (χ1n) is 6.98. The summed E-state index contributed by atoms with van der Waals surface area (Å²) in [5.74, 6) is 0. The molecule has 18 heavy (non-hydrogen) atoms. The molecular formula is C14H27N3O. The third-order valence-electron chi connectivity index (χ3n) is 3.32. The van der Waals surface area contributed by atoms with Crippen LogP contribution in [0.3, 0.4) is 0 Å². The monoisotopic (exact) mass is 253 g/mol. The molecule has 2 atom stereocenters. The van der Waals surface area contributed by atoms with Gasteiger partial charge in [-0.25, -0.2) is 0 Å². The van der Waals surface area contributed by atoms with Crippen LogP contribution < -0.4 is 5.32 Å². The van der Waals surface area contributed by atoms with E-state index in [2.05, 4.69) is 41.9 Å². The Morgan fingerprint density at radius 3 is 2.61 bits per heavy atom. The lowest BCUT2D eigenvalue weighted by Gasteiger charge is -2.26. The molecule has 1 aromatic rings. The molecule has 4 heteroatoms. The van der Waals surface area contributed by atoms with Crippen LogP contribution in [0.4, 0.5) is 0 Å². The lowest BCUT2D eigenvalue weighted by Crippen LogP contribution is -2.41. The molecular weight excluding hydrogens is 226 g/mol. The Morgan fingerprint density at radius 2 is 2.11 bits per heavy atom. The van der Waals surface area contributed by atoms with Crippen molar-refractivity contribution in [1.82, 2.24) is 15.1 Å². The van der Waals surface area contributed by atoms with E-state index < -0.39 is 0 Å². The number of aromatic nitrogens is 2. The van der Waals surface area contributed by atoms with E-state index in [4.69, 9.17) is 4.74 Å². The number of hydrogen-bond acceptors (Lipinski definition) is 3. The van der Waals surface area contributed by atoms with Crippen molar-refractivity contribution in [3.05, 3.63) is 17.5 Å². The molecule has 0 amide bonds. The van der Waals surface area contributed by atoms with Crippen molar-refractivity contribution in [3.63, 3.8) is 0 Å². The van der Waals surface area contributed by atoms with Crippen LogP contribution in [0.15, 0.2) is 6.07 Å². The van der Waals surface area contributed by atoms with Crippen LogP contribution in [0.1, 0.15) is 38.6 Å². The highest BCUT2D eigenvalue weighted by molar-refractivity contribution is 5.11. The topological polar surface area (TPSA) is 39.1 Å². The van der Waals surface area contributed by atoms with E-state index in [9.17, 15) is 0 Å². The Balaban J connectivity index is 2.77. The van der Waals surface area contributed by atoms with Crippen LogP contribution in [0.5, 0.6) is 0 Å². The molecule has 1 aromatic heterocycles. The fourth-order valence-electron chi connectivity index (χ4n) is 2.41. The minimum Gasteiger partial charge on any atom is -0.377 e. The maximum absolute atomic E-state index is 5.80. The average molecular weight is 253 g/mol. The first kappa shape index (κ1) is 15.2. The van der Waals surface area contributed by atoms with Crippen molar-refractivity contribution < 1.29 is 4.74 Å². The first-order valence-corrected chi connectivity index (χ1v) is 6.98. The molecule has 1 N–H and O–H groups in total. The van der Waals surface area contributed by atoms with Gasteiger partial charge in [-0.15, -0.1) is 0 Å². The van der Waals surface area contributed by atoms with Crippen molar-refractivity contribution in [1.29, 1.82) is 0 Å². The second kappa shape index (κ2) is 7.54. The van der Waals surface area contributed by atoms with Crippen molar-refractivity contribution in [3.8, 4) is 0 Å². The Labute approximate surface area is 111 Å². The Kier molecular flexibility index (Phi) is 6.36. The lowest BCUT2D eigenvalue weighted by molar-refractivity contribution is 0.0334. The summed E-state index contributed by atoms with van der Waals surface area (Å²) in [7, 11) is 2.01. The van der Waals surface area contributed by atoms with Gasteiger partial charge in [-0.3, -0.25) is 4.68 Å². The highest BCUT2D eigenvalue weighted by Gasteiger charge is 2.20. The molecule has 1 heterocycles. The summed E-state index contributed by atoms with van der Waals surface area (Å²) in [4.78, 5) is 0. The average Bonchev–Trinajstić information content (AvgIpc) is 2.73. The standard InChI is InChI=1S/C14H27N3O/c1-6-14(18-8-3)13(15-5)10-12-9-11(4)16-17(12)7-2/h9,13-15H,6-8,10H2,1-5H3. The third-order valence-corrected chi connectivity index (χ3v) is 3.32. The molecule has 0 aromatic carbocycles. The minimum atomic E-state index is 0.264. The van der Waals surface area contributed by atoms with E-state index in [0.717, 1.165) is 31.7 Å². The number of aryl methyl sites for hydroxylation is 2. The fraction of sp³-hybridized carbons (Fsp3) is 0.786. The molecule has 0 radical (unpaired) electrons. The van der Waals surface area contributed by atoms with Gasteiger partial charge < -0.3 is 10.1 Å². The number of nitrogens with one attached hydrogen (secondary N) is 1. The smallest absolute Gasteiger partial charge is 0.0729 e. The first-order chi connectivity index (χ1) is 8.65. The molecule has 0 fully saturated rings. The lowest BCUT2D eigenvalue weighted by atomic mass is 10.0. The zero-order valence-electron chi connectivity index (χ0n) is 12.4. The number of rotatable bonds is 8. The molecule has 0 spiro atoms. The predicted molar refractivity (Wildman–Crippen MR) is 74.9 cm³/mol. The Bertz CT molecular complexity index is 349. The highest BCUT2D eigenvalue weighted by atomic mass is 16.5. The van der Waals surface area contributed by atoms with Gasteiger partial charge in [0.05, 0.1) is 11.8 Å². The molecule has 104 valence electrons. The second-order valence-electron chi connectivity index (χ2n) is 4.59. The predicted octanol–water partition coefficient (Wildman–Crippen LogP) is 2.16. The van der Waals surface area contributed by atoms with Crippen LogP contribution in [-0.2, 0) is 17.7 Å². The minimum absolute atomic E-state index is 0.264. The largest absolute Gasteiger partial charge is 0.377 e.